The second-order valence-corrected chi connectivity index (χ2v) is 7.24. The van der Waals surface area contributed by atoms with Crippen molar-refractivity contribution < 1.29 is 9.53 Å². The molecule has 2 heterocycles. The fourth-order valence-corrected chi connectivity index (χ4v) is 3.57. The number of hydrogen-bond acceptors (Lipinski definition) is 4. The molecule has 1 aromatic heterocycles. The summed E-state index contributed by atoms with van der Waals surface area (Å²) in [6.45, 7) is 5.59. The maximum absolute atomic E-state index is 12.4. The molecule has 1 amide bonds. The molecule has 0 radical (unpaired) electrons. The van der Waals surface area contributed by atoms with Crippen LogP contribution in [-0.4, -0.2) is 48.6 Å². The monoisotopic (exact) mass is 337 g/mol. The molecule has 1 aromatic rings. The van der Waals surface area contributed by atoms with E-state index >= 15 is 0 Å². The number of nitrogens with zero attached hydrogens (tertiary/aromatic N) is 2. The Kier molecular flexibility index (Phi) is 5.07. The van der Waals surface area contributed by atoms with E-state index in [1.807, 2.05) is 0 Å². The highest BCUT2D eigenvalue weighted by atomic mass is 35.5. The molecule has 0 bridgehead atoms. The first-order valence-corrected chi connectivity index (χ1v) is 8.72. The molecule has 6 heteroatoms. The second kappa shape index (κ2) is 7.05. The Morgan fingerprint density at radius 2 is 2.09 bits per heavy atom. The Balaban J connectivity index is 1.64. The second-order valence-electron chi connectivity index (χ2n) is 6.83. The van der Waals surface area contributed by atoms with Crippen LogP contribution in [0.25, 0.3) is 0 Å². The van der Waals surface area contributed by atoms with Gasteiger partial charge in [0.15, 0.2) is 0 Å². The summed E-state index contributed by atoms with van der Waals surface area (Å²) in [4.78, 5) is 18.6. The highest BCUT2D eigenvalue weighted by molar-refractivity contribution is 6.33. The van der Waals surface area contributed by atoms with Gasteiger partial charge in [-0.25, -0.2) is 4.98 Å². The van der Waals surface area contributed by atoms with Crippen molar-refractivity contribution >= 4 is 23.3 Å². The Labute approximate surface area is 142 Å². The Morgan fingerprint density at radius 1 is 1.39 bits per heavy atom. The highest BCUT2D eigenvalue weighted by Crippen LogP contribution is 2.37. The molecule has 2 fully saturated rings. The van der Waals surface area contributed by atoms with E-state index in [1.54, 1.807) is 17.2 Å². The van der Waals surface area contributed by atoms with Crippen LogP contribution in [0.3, 0.4) is 0 Å². The Bertz CT molecular complexity index is 567. The SMILES string of the molecule is CC1(CNc2ncc(C(=O)N3CCOCC3)cc2Cl)CCCC1. The van der Waals surface area contributed by atoms with Crippen LogP contribution in [-0.2, 0) is 4.74 Å². The third-order valence-corrected chi connectivity index (χ3v) is 5.17. The van der Waals surface area contributed by atoms with Crippen molar-refractivity contribution in [3.8, 4) is 0 Å². The number of aromatic nitrogens is 1. The number of carbonyl (C=O) groups is 1. The molecule has 1 saturated heterocycles. The summed E-state index contributed by atoms with van der Waals surface area (Å²) in [5.41, 5.74) is 0.863. The molecule has 0 aromatic carbocycles. The average Bonchev–Trinajstić information content (AvgIpc) is 3.01. The molecule has 0 unspecified atom stereocenters. The van der Waals surface area contributed by atoms with Crippen LogP contribution >= 0.6 is 11.6 Å². The van der Waals surface area contributed by atoms with Crippen molar-refractivity contribution in [2.75, 3.05) is 38.2 Å². The summed E-state index contributed by atoms with van der Waals surface area (Å²) in [6, 6.07) is 1.71. The number of morpholine rings is 1. The summed E-state index contributed by atoms with van der Waals surface area (Å²) in [5.74, 6) is 0.635. The van der Waals surface area contributed by atoms with Gasteiger partial charge in [-0.05, 0) is 24.3 Å². The van der Waals surface area contributed by atoms with Crippen molar-refractivity contribution in [2.45, 2.75) is 32.6 Å². The molecular formula is C17H24ClN3O2. The van der Waals surface area contributed by atoms with Crippen LogP contribution in [0.1, 0.15) is 43.0 Å². The summed E-state index contributed by atoms with van der Waals surface area (Å²) >= 11 is 6.32. The van der Waals surface area contributed by atoms with E-state index in [9.17, 15) is 4.79 Å². The smallest absolute Gasteiger partial charge is 0.255 e. The molecule has 0 atom stereocenters. The van der Waals surface area contributed by atoms with Crippen LogP contribution in [0.15, 0.2) is 12.3 Å². The average molecular weight is 338 g/mol. The molecular weight excluding hydrogens is 314 g/mol. The molecule has 126 valence electrons. The normalized spacial score (nSPS) is 20.5. The van der Waals surface area contributed by atoms with Crippen molar-refractivity contribution in [3.05, 3.63) is 22.8 Å². The van der Waals surface area contributed by atoms with Gasteiger partial charge in [0.25, 0.3) is 5.91 Å². The minimum Gasteiger partial charge on any atom is -0.378 e. The molecule has 5 nitrogen and oxygen atoms in total. The number of hydrogen-bond donors (Lipinski definition) is 1. The van der Waals surface area contributed by atoms with Crippen LogP contribution < -0.4 is 5.32 Å². The van der Waals surface area contributed by atoms with Gasteiger partial charge in [0.05, 0.1) is 23.8 Å². The highest BCUT2D eigenvalue weighted by Gasteiger charge is 2.28. The number of ether oxygens (including phenoxy) is 1. The van der Waals surface area contributed by atoms with Gasteiger partial charge in [0.1, 0.15) is 5.82 Å². The number of pyridine rings is 1. The van der Waals surface area contributed by atoms with Crippen molar-refractivity contribution in [3.63, 3.8) is 0 Å². The number of anilines is 1. The lowest BCUT2D eigenvalue weighted by Crippen LogP contribution is -2.40. The van der Waals surface area contributed by atoms with E-state index < -0.39 is 0 Å². The molecule has 1 saturated carbocycles. The first-order chi connectivity index (χ1) is 11.1. The number of nitrogens with one attached hydrogen (secondary N) is 1. The minimum absolute atomic E-state index is 0.0306. The lowest BCUT2D eigenvalue weighted by atomic mass is 9.89. The van der Waals surface area contributed by atoms with Gasteiger partial charge >= 0.3 is 0 Å². The zero-order valence-corrected chi connectivity index (χ0v) is 14.4. The molecule has 1 N–H and O–H groups in total. The summed E-state index contributed by atoms with van der Waals surface area (Å²) in [5, 5.41) is 3.86. The van der Waals surface area contributed by atoms with E-state index in [4.69, 9.17) is 16.3 Å². The van der Waals surface area contributed by atoms with Gasteiger partial charge in [0, 0.05) is 25.8 Å². The van der Waals surface area contributed by atoms with E-state index in [1.165, 1.54) is 25.7 Å². The van der Waals surface area contributed by atoms with E-state index in [2.05, 4.69) is 17.2 Å². The Morgan fingerprint density at radius 3 is 2.74 bits per heavy atom. The fraction of sp³-hybridized carbons (Fsp3) is 0.647. The first-order valence-electron chi connectivity index (χ1n) is 8.34. The van der Waals surface area contributed by atoms with Crippen molar-refractivity contribution in [1.29, 1.82) is 0 Å². The van der Waals surface area contributed by atoms with Crippen LogP contribution in [0.5, 0.6) is 0 Å². The molecule has 2 aliphatic rings. The number of rotatable bonds is 4. The zero-order chi connectivity index (χ0) is 16.3. The fourth-order valence-electron chi connectivity index (χ4n) is 3.34. The van der Waals surface area contributed by atoms with E-state index in [-0.39, 0.29) is 5.91 Å². The van der Waals surface area contributed by atoms with Gasteiger partial charge < -0.3 is 15.0 Å². The van der Waals surface area contributed by atoms with Crippen LogP contribution in [0.4, 0.5) is 5.82 Å². The predicted octanol–water partition coefficient (Wildman–Crippen LogP) is 3.20. The summed E-state index contributed by atoms with van der Waals surface area (Å²) in [6.07, 6.45) is 6.69. The maximum Gasteiger partial charge on any atom is 0.255 e. The maximum atomic E-state index is 12.4. The largest absolute Gasteiger partial charge is 0.378 e. The van der Waals surface area contributed by atoms with E-state index in [0.717, 1.165) is 6.54 Å². The van der Waals surface area contributed by atoms with Crippen molar-refractivity contribution in [1.82, 2.24) is 9.88 Å². The number of halogens is 1. The predicted molar refractivity (Wildman–Crippen MR) is 91.0 cm³/mol. The van der Waals surface area contributed by atoms with Gasteiger partial charge in [0.2, 0.25) is 0 Å². The summed E-state index contributed by atoms with van der Waals surface area (Å²) < 4.78 is 5.27. The number of carbonyl (C=O) groups excluding carboxylic acids is 1. The van der Waals surface area contributed by atoms with Gasteiger partial charge in [-0.1, -0.05) is 31.4 Å². The lowest BCUT2D eigenvalue weighted by molar-refractivity contribution is 0.0302. The third-order valence-electron chi connectivity index (χ3n) is 4.88. The molecule has 1 aliphatic heterocycles. The number of amides is 1. The van der Waals surface area contributed by atoms with Gasteiger partial charge in [-0.15, -0.1) is 0 Å². The van der Waals surface area contributed by atoms with E-state index in [0.29, 0.717) is 48.1 Å². The first kappa shape index (κ1) is 16.5. The van der Waals surface area contributed by atoms with Crippen LogP contribution in [0, 0.1) is 5.41 Å². The molecule has 1 aliphatic carbocycles. The molecule has 0 spiro atoms. The quantitative estimate of drug-likeness (QED) is 0.916. The zero-order valence-electron chi connectivity index (χ0n) is 13.6. The standard InChI is InChI=1S/C17H24ClN3O2/c1-17(4-2-3-5-17)12-20-15-14(18)10-13(11-19-15)16(22)21-6-8-23-9-7-21/h10-11H,2-9,12H2,1H3,(H,19,20). The summed E-state index contributed by atoms with van der Waals surface area (Å²) in [7, 11) is 0. The molecule has 3 rings (SSSR count). The van der Waals surface area contributed by atoms with Gasteiger partial charge in [-0.2, -0.15) is 0 Å². The van der Waals surface area contributed by atoms with Crippen LogP contribution in [0.2, 0.25) is 5.02 Å². The lowest BCUT2D eigenvalue weighted by Gasteiger charge is -2.27. The molecule has 23 heavy (non-hydrogen) atoms. The topological polar surface area (TPSA) is 54.5 Å². The van der Waals surface area contributed by atoms with Crippen molar-refractivity contribution in [2.24, 2.45) is 5.41 Å². The Hall–Kier alpha value is -1.33. The van der Waals surface area contributed by atoms with Gasteiger partial charge in [-0.3, -0.25) is 4.79 Å². The minimum atomic E-state index is -0.0306. The third kappa shape index (κ3) is 3.96.